The van der Waals surface area contributed by atoms with Crippen molar-refractivity contribution in [1.82, 2.24) is 0 Å². The lowest BCUT2D eigenvalue weighted by molar-refractivity contribution is -0.594. The Hall–Kier alpha value is -0.730. The minimum absolute atomic E-state index is 0.0272. The van der Waals surface area contributed by atoms with Gasteiger partial charge in [0.2, 0.25) is 0 Å². The highest BCUT2D eigenvalue weighted by atomic mass is 16.6. The average molecular weight is 144 g/mol. The Balaban J connectivity index is 2.81. The quantitative estimate of drug-likeness (QED) is 0.509. The molecule has 1 aliphatic heterocycles. The highest BCUT2D eigenvalue weighted by Crippen LogP contribution is 2.10. The molecule has 1 aliphatic rings. The van der Waals surface area contributed by atoms with E-state index in [4.69, 9.17) is 9.84 Å². The fraction of sp³-hybridized carbons (Fsp3) is 0.857. The molecule has 0 fully saturated rings. The Morgan fingerprint density at radius 1 is 1.50 bits per heavy atom. The SMILES string of the molecule is CC(C)(C)[N+]1=C(O)OCC1. The van der Waals surface area contributed by atoms with Crippen LogP contribution in [0.4, 0.5) is 0 Å². The number of rotatable bonds is 0. The summed E-state index contributed by atoms with van der Waals surface area (Å²) in [5.74, 6) is 0. The maximum Gasteiger partial charge on any atom is 0.547 e. The molecule has 0 atom stereocenters. The molecular formula is C7H14NO2+. The minimum atomic E-state index is -0.0272. The van der Waals surface area contributed by atoms with Gasteiger partial charge in [0, 0.05) is 0 Å². The molecule has 0 unspecified atom stereocenters. The van der Waals surface area contributed by atoms with E-state index < -0.39 is 0 Å². The summed E-state index contributed by atoms with van der Waals surface area (Å²) in [6.45, 7) is 7.51. The number of nitrogens with zero attached hydrogens (tertiary/aromatic N) is 1. The summed E-state index contributed by atoms with van der Waals surface area (Å²) in [6, 6.07) is 0. The van der Waals surface area contributed by atoms with Gasteiger partial charge in [-0.2, -0.15) is 4.58 Å². The van der Waals surface area contributed by atoms with Crippen LogP contribution < -0.4 is 0 Å². The van der Waals surface area contributed by atoms with E-state index in [1.165, 1.54) is 0 Å². The fourth-order valence-corrected chi connectivity index (χ4v) is 1.02. The lowest BCUT2D eigenvalue weighted by atomic mass is 10.1. The van der Waals surface area contributed by atoms with Crippen LogP contribution in [0, 0.1) is 0 Å². The first-order valence-corrected chi connectivity index (χ1v) is 3.48. The Bertz CT molecular complexity index is 167. The van der Waals surface area contributed by atoms with Crippen molar-refractivity contribution in [3.8, 4) is 0 Å². The van der Waals surface area contributed by atoms with Crippen LogP contribution in [-0.4, -0.2) is 34.5 Å². The predicted octanol–water partition coefficient (Wildman–Crippen LogP) is 0.742. The first-order valence-electron chi connectivity index (χ1n) is 3.48. The molecule has 58 valence electrons. The van der Waals surface area contributed by atoms with Gasteiger partial charge in [-0.1, -0.05) is 0 Å². The third-order valence-corrected chi connectivity index (χ3v) is 1.59. The molecule has 0 bridgehead atoms. The summed E-state index contributed by atoms with van der Waals surface area (Å²) < 4.78 is 6.73. The number of ether oxygens (including phenoxy) is 1. The minimum Gasteiger partial charge on any atom is -0.430 e. The zero-order chi connectivity index (χ0) is 7.78. The Labute approximate surface area is 60.9 Å². The second-order valence-electron chi connectivity index (χ2n) is 3.45. The van der Waals surface area contributed by atoms with E-state index >= 15 is 0 Å². The van der Waals surface area contributed by atoms with Crippen molar-refractivity contribution < 1.29 is 14.4 Å². The first kappa shape index (κ1) is 7.38. The summed E-state index contributed by atoms with van der Waals surface area (Å²) in [5, 5.41) is 9.14. The third-order valence-electron chi connectivity index (χ3n) is 1.59. The van der Waals surface area contributed by atoms with E-state index in [0.717, 1.165) is 6.54 Å². The third kappa shape index (κ3) is 1.23. The summed E-state index contributed by atoms with van der Waals surface area (Å²) >= 11 is 0. The van der Waals surface area contributed by atoms with Gasteiger partial charge in [0.05, 0.1) is 0 Å². The zero-order valence-electron chi connectivity index (χ0n) is 6.72. The highest BCUT2D eigenvalue weighted by Gasteiger charge is 2.34. The largest absolute Gasteiger partial charge is 0.547 e. The summed E-state index contributed by atoms with van der Waals surface area (Å²) in [7, 11) is 0. The number of aliphatic hydroxyl groups is 1. The molecular weight excluding hydrogens is 130 g/mol. The van der Waals surface area contributed by atoms with Crippen molar-refractivity contribution in [2.24, 2.45) is 0 Å². The Morgan fingerprint density at radius 2 is 2.10 bits per heavy atom. The van der Waals surface area contributed by atoms with Crippen molar-refractivity contribution in [2.75, 3.05) is 13.2 Å². The van der Waals surface area contributed by atoms with Crippen molar-refractivity contribution >= 4 is 6.08 Å². The van der Waals surface area contributed by atoms with Gasteiger partial charge in [0.1, 0.15) is 0 Å². The fourth-order valence-electron chi connectivity index (χ4n) is 1.02. The Morgan fingerprint density at radius 3 is 2.30 bits per heavy atom. The van der Waals surface area contributed by atoms with Crippen LogP contribution in [0.15, 0.2) is 0 Å². The van der Waals surface area contributed by atoms with E-state index in [2.05, 4.69) is 0 Å². The van der Waals surface area contributed by atoms with Crippen molar-refractivity contribution in [3.63, 3.8) is 0 Å². The smallest absolute Gasteiger partial charge is 0.430 e. The van der Waals surface area contributed by atoms with Gasteiger partial charge in [0.25, 0.3) is 0 Å². The van der Waals surface area contributed by atoms with Crippen LogP contribution in [0.25, 0.3) is 0 Å². The molecule has 1 heterocycles. The van der Waals surface area contributed by atoms with E-state index in [1.54, 1.807) is 0 Å². The first-order chi connectivity index (χ1) is 4.52. The molecule has 0 saturated heterocycles. The number of aliphatic hydroxyl groups excluding tert-OH is 1. The van der Waals surface area contributed by atoms with Crippen LogP contribution in [-0.2, 0) is 4.74 Å². The molecule has 3 nitrogen and oxygen atoms in total. The monoisotopic (exact) mass is 144 g/mol. The van der Waals surface area contributed by atoms with Crippen molar-refractivity contribution in [2.45, 2.75) is 26.3 Å². The number of hydrogen-bond acceptors (Lipinski definition) is 1. The predicted molar refractivity (Wildman–Crippen MR) is 38.5 cm³/mol. The van der Waals surface area contributed by atoms with Gasteiger partial charge in [-0.25, -0.2) is 0 Å². The molecule has 10 heavy (non-hydrogen) atoms. The van der Waals surface area contributed by atoms with Gasteiger partial charge >= 0.3 is 6.08 Å². The molecule has 0 radical (unpaired) electrons. The molecule has 3 heteroatoms. The van der Waals surface area contributed by atoms with Crippen molar-refractivity contribution in [1.29, 1.82) is 0 Å². The molecule has 0 aliphatic carbocycles. The van der Waals surface area contributed by atoms with Gasteiger partial charge in [0.15, 0.2) is 18.7 Å². The average Bonchev–Trinajstić information content (AvgIpc) is 2.11. The van der Waals surface area contributed by atoms with Crippen molar-refractivity contribution in [3.05, 3.63) is 0 Å². The lowest BCUT2D eigenvalue weighted by Crippen LogP contribution is -2.35. The molecule has 0 aromatic rings. The van der Waals surface area contributed by atoms with Crippen LogP contribution in [0.2, 0.25) is 0 Å². The second-order valence-corrected chi connectivity index (χ2v) is 3.45. The Kier molecular flexibility index (Phi) is 1.58. The molecule has 0 spiro atoms. The molecule has 1 N–H and O–H groups in total. The maximum atomic E-state index is 9.14. The van der Waals surface area contributed by atoms with Gasteiger partial charge in [-0.05, 0) is 20.8 Å². The van der Waals surface area contributed by atoms with Gasteiger partial charge in [-0.3, -0.25) is 0 Å². The van der Waals surface area contributed by atoms with Crippen LogP contribution in [0.5, 0.6) is 0 Å². The molecule has 0 aromatic heterocycles. The highest BCUT2D eigenvalue weighted by molar-refractivity contribution is 5.59. The summed E-state index contributed by atoms with van der Waals surface area (Å²) in [4.78, 5) is 0. The van der Waals surface area contributed by atoms with E-state index in [1.807, 2.05) is 25.3 Å². The van der Waals surface area contributed by atoms with E-state index in [9.17, 15) is 0 Å². The zero-order valence-corrected chi connectivity index (χ0v) is 6.72. The van der Waals surface area contributed by atoms with Gasteiger partial charge in [-0.15, -0.1) is 0 Å². The summed E-state index contributed by atoms with van der Waals surface area (Å²) in [5.41, 5.74) is -0.0272. The summed E-state index contributed by atoms with van der Waals surface area (Å²) in [6.07, 6.45) is 0.0625. The topological polar surface area (TPSA) is 32.5 Å². The molecule has 0 amide bonds. The van der Waals surface area contributed by atoms with Crippen LogP contribution in [0.3, 0.4) is 0 Å². The molecule has 0 saturated carbocycles. The standard InChI is InChI=1S/C7H13NO2/c1-7(2,3)8-4-5-10-6(8)9/h4-5H2,1-3H3/p+1. The van der Waals surface area contributed by atoms with Crippen LogP contribution >= 0.6 is 0 Å². The van der Waals surface area contributed by atoms with Crippen LogP contribution in [0.1, 0.15) is 20.8 Å². The maximum absolute atomic E-state index is 9.14. The number of hydrogen-bond donors (Lipinski definition) is 1. The molecule has 0 aromatic carbocycles. The van der Waals surface area contributed by atoms with E-state index in [0.29, 0.717) is 6.61 Å². The molecule has 1 rings (SSSR count). The van der Waals surface area contributed by atoms with Gasteiger partial charge < -0.3 is 9.84 Å². The normalized spacial score (nSPS) is 19.5. The van der Waals surface area contributed by atoms with E-state index in [-0.39, 0.29) is 11.6 Å². The lowest BCUT2D eigenvalue weighted by Gasteiger charge is -2.11. The second kappa shape index (κ2) is 2.15.